The Labute approximate surface area is 288 Å². The number of ether oxygens (including phenoxy) is 5. The van der Waals surface area contributed by atoms with Gasteiger partial charge >= 0.3 is 18.2 Å². The molecule has 0 fully saturated rings. The van der Waals surface area contributed by atoms with Crippen molar-refractivity contribution in [1.29, 1.82) is 0 Å². The summed E-state index contributed by atoms with van der Waals surface area (Å²) in [5.74, 6) is -1.45. The van der Waals surface area contributed by atoms with Crippen LogP contribution in [0.3, 0.4) is 0 Å². The van der Waals surface area contributed by atoms with E-state index >= 15 is 0 Å². The molecule has 1 aromatic heterocycles. The van der Waals surface area contributed by atoms with Gasteiger partial charge in [0.25, 0.3) is 5.91 Å². The monoisotopic (exact) mass is 691 g/mol. The number of carbonyl (C=O) groups excluding carboxylic acids is 4. The lowest BCUT2D eigenvalue weighted by molar-refractivity contribution is -0.145. The molecule has 0 unspecified atom stereocenters. The number of hydrogen-bond acceptors (Lipinski definition) is 11. The summed E-state index contributed by atoms with van der Waals surface area (Å²) < 4.78 is 27.4. The van der Waals surface area contributed by atoms with E-state index in [1.807, 2.05) is 44.2 Å². The SMILES string of the molecule is COCO[C@H](C[C@H](C(C)C)N(C(=O)OC(C)(C)C)C(=O)OC(C)(C)C)c1nc(C(=O)N[C@@H](Cc2ccccc2)C[C@H](C)C(=O)OC)cs1. The van der Waals surface area contributed by atoms with Gasteiger partial charge in [0.1, 0.15) is 34.8 Å². The van der Waals surface area contributed by atoms with Crippen LogP contribution in [0.2, 0.25) is 0 Å². The minimum atomic E-state index is -0.866. The summed E-state index contributed by atoms with van der Waals surface area (Å²) in [6, 6.07) is 8.57. The van der Waals surface area contributed by atoms with Gasteiger partial charge in [0.15, 0.2) is 0 Å². The predicted molar refractivity (Wildman–Crippen MR) is 183 cm³/mol. The van der Waals surface area contributed by atoms with Gasteiger partial charge in [0.2, 0.25) is 0 Å². The second-order valence-electron chi connectivity index (χ2n) is 14.0. The van der Waals surface area contributed by atoms with E-state index < -0.39 is 47.4 Å². The van der Waals surface area contributed by atoms with Crippen LogP contribution in [0.1, 0.15) is 102 Å². The lowest BCUT2D eigenvalue weighted by Crippen LogP contribution is -2.51. The molecule has 1 N–H and O–H groups in total. The molecular formula is C35H53N3O9S. The van der Waals surface area contributed by atoms with Crippen LogP contribution in [0.15, 0.2) is 35.7 Å². The minimum Gasteiger partial charge on any atom is -0.469 e. The number of esters is 1. The number of nitrogens with one attached hydrogen (secondary N) is 1. The van der Waals surface area contributed by atoms with Crippen LogP contribution in [0, 0.1) is 11.8 Å². The summed E-state index contributed by atoms with van der Waals surface area (Å²) in [7, 11) is 2.82. The van der Waals surface area contributed by atoms with Gasteiger partial charge in [-0.3, -0.25) is 9.59 Å². The van der Waals surface area contributed by atoms with Crippen LogP contribution in [0.25, 0.3) is 0 Å². The number of hydrogen-bond donors (Lipinski definition) is 1. The summed E-state index contributed by atoms with van der Waals surface area (Å²) in [4.78, 5) is 58.3. The van der Waals surface area contributed by atoms with Crippen LogP contribution < -0.4 is 5.32 Å². The van der Waals surface area contributed by atoms with Gasteiger partial charge in [-0.1, -0.05) is 51.1 Å². The number of aromatic nitrogens is 1. The highest BCUT2D eigenvalue weighted by atomic mass is 32.1. The summed E-state index contributed by atoms with van der Waals surface area (Å²) in [5.41, 5.74) is -0.557. The Morgan fingerprint density at radius 3 is 1.98 bits per heavy atom. The van der Waals surface area contributed by atoms with E-state index in [9.17, 15) is 19.2 Å². The average molecular weight is 692 g/mol. The maximum absolute atomic E-state index is 13.5. The standard InChI is InChI=1S/C35H53N3O9S/c1-22(2)27(38(32(41)46-34(4,5)6)33(42)47-35(7,8)9)19-28(45-21-43-10)30-37-26(20-48-30)29(39)36-25(17-23(3)31(40)44-11)18-24-15-13-12-14-16-24/h12-16,20,22-23,25,27-28H,17-19,21H2,1-11H3,(H,36,39)/t23-,25+,27+,28+/m0/s1. The van der Waals surface area contributed by atoms with Crippen molar-refractivity contribution in [3.63, 3.8) is 0 Å². The summed E-state index contributed by atoms with van der Waals surface area (Å²) in [6.07, 6.45) is -1.44. The van der Waals surface area contributed by atoms with Crippen molar-refractivity contribution in [1.82, 2.24) is 15.2 Å². The molecule has 1 aromatic carbocycles. The molecule has 0 spiro atoms. The van der Waals surface area contributed by atoms with Crippen LogP contribution in [-0.4, -0.2) is 78.2 Å². The van der Waals surface area contributed by atoms with E-state index in [2.05, 4.69) is 10.3 Å². The fraction of sp³-hybridized carbons (Fsp3) is 0.629. The summed E-state index contributed by atoms with van der Waals surface area (Å²) in [6.45, 7) is 15.7. The van der Waals surface area contributed by atoms with Crippen molar-refractivity contribution in [2.45, 2.75) is 111 Å². The Balaban J connectivity index is 2.40. The van der Waals surface area contributed by atoms with Crippen molar-refractivity contribution in [2.75, 3.05) is 21.0 Å². The summed E-state index contributed by atoms with van der Waals surface area (Å²) in [5, 5.41) is 5.12. The molecule has 3 amide bonds. The molecular weight excluding hydrogens is 638 g/mol. The van der Waals surface area contributed by atoms with Crippen LogP contribution in [-0.2, 0) is 34.9 Å². The fourth-order valence-electron chi connectivity index (χ4n) is 4.87. The Morgan fingerprint density at radius 2 is 1.48 bits per heavy atom. The van der Waals surface area contributed by atoms with Gasteiger partial charge < -0.3 is 29.0 Å². The molecule has 0 bridgehead atoms. The molecule has 12 nitrogen and oxygen atoms in total. The topological polar surface area (TPSA) is 143 Å². The van der Waals surface area contributed by atoms with Crippen LogP contribution in [0.5, 0.6) is 0 Å². The van der Waals surface area contributed by atoms with Gasteiger partial charge in [0, 0.05) is 25.0 Å². The van der Waals surface area contributed by atoms with Gasteiger partial charge in [0.05, 0.1) is 19.1 Å². The van der Waals surface area contributed by atoms with Crippen molar-refractivity contribution in [3.8, 4) is 0 Å². The van der Waals surface area contributed by atoms with E-state index in [0.29, 0.717) is 17.8 Å². The molecule has 0 aliphatic carbocycles. The second-order valence-corrected chi connectivity index (χ2v) is 14.9. The van der Waals surface area contributed by atoms with Crippen molar-refractivity contribution >= 4 is 35.4 Å². The molecule has 0 saturated carbocycles. The number of amides is 3. The number of methoxy groups -OCH3 is 2. The molecule has 48 heavy (non-hydrogen) atoms. The largest absolute Gasteiger partial charge is 0.469 e. The first-order valence-corrected chi connectivity index (χ1v) is 17.0. The van der Waals surface area contributed by atoms with E-state index in [0.717, 1.165) is 10.5 Å². The molecule has 1 heterocycles. The quantitative estimate of drug-likeness (QED) is 0.119. The lowest BCUT2D eigenvalue weighted by atomic mass is 9.96. The molecule has 2 rings (SSSR count). The molecule has 4 atom stereocenters. The highest BCUT2D eigenvalue weighted by molar-refractivity contribution is 7.09. The number of benzene rings is 1. The zero-order chi connectivity index (χ0) is 36.2. The average Bonchev–Trinajstić information content (AvgIpc) is 3.47. The third-order valence-electron chi connectivity index (χ3n) is 7.06. The maximum Gasteiger partial charge on any atom is 0.420 e. The Morgan fingerprint density at radius 1 is 0.896 bits per heavy atom. The zero-order valence-corrected chi connectivity index (χ0v) is 31.0. The first kappa shape index (κ1) is 40.6. The molecule has 0 aliphatic rings. The van der Waals surface area contributed by atoms with E-state index in [1.54, 1.807) is 53.8 Å². The highest BCUT2D eigenvalue weighted by Gasteiger charge is 2.40. The molecule has 0 saturated heterocycles. The van der Waals surface area contributed by atoms with Crippen molar-refractivity contribution in [3.05, 3.63) is 52.0 Å². The van der Waals surface area contributed by atoms with Crippen molar-refractivity contribution in [2.24, 2.45) is 11.8 Å². The molecule has 268 valence electrons. The highest BCUT2D eigenvalue weighted by Crippen LogP contribution is 2.32. The lowest BCUT2D eigenvalue weighted by Gasteiger charge is -2.36. The van der Waals surface area contributed by atoms with E-state index in [4.69, 9.17) is 23.7 Å². The zero-order valence-electron chi connectivity index (χ0n) is 30.2. The van der Waals surface area contributed by atoms with Crippen LogP contribution >= 0.6 is 11.3 Å². The number of thiazole rings is 1. The first-order valence-electron chi connectivity index (χ1n) is 16.1. The molecule has 0 radical (unpaired) electrons. The molecule has 0 aliphatic heterocycles. The number of carbonyl (C=O) groups is 4. The first-order chi connectivity index (χ1) is 22.3. The molecule has 13 heteroatoms. The van der Waals surface area contributed by atoms with Gasteiger partial charge in [-0.15, -0.1) is 11.3 Å². The minimum absolute atomic E-state index is 0.0972. The van der Waals surface area contributed by atoms with Gasteiger partial charge in [-0.25, -0.2) is 19.5 Å². The third kappa shape index (κ3) is 13.5. The Bertz CT molecular complexity index is 1310. The fourth-order valence-corrected chi connectivity index (χ4v) is 5.73. The van der Waals surface area contributed by atoms with Gasteiger partial charge in [-0.2, -0.15) is 0 Å². The second kappa shape index (κ2) is 18.3. The third-order valence-corrected chi connectivity index (χ3v) is 7.99. The van der Waals surface area contributed by atoms with Crippen LogP contribution in [0.4, 0.5) is 9.59 Å². The number of imide groups is 1. The number of nitrogens with zero attached hydrogens (tertiary/aromatic N) is 2. The smallest absolute Gasteiger partial charge is 0.420 e. The Hall–Kier alpha value is -3.55. The van der Waals surface area contributed by atoms with E-state index in [1.165, 1.54) is 25.6 Å². The molecule has 2 aromatic rings. The van der Waals surface area contributed by atoms with E-state index in [-0.39, 0.29) is 36.8 Å². The van der Waals surface area contributed by atoms with Crippen molar-refractivity contribution < 1.29 is 42.9 Å². The number of rotatable bonds is 15. The summed E-state index contributed by atoms with van der Waals surface area (Å²) >= 11 is 1.21. The maximum atomic E-state index is 13.5. The van der Waals surface area contributed by atoms with Gasteiger partial charge in [-0.05, 0) is 65.9 Å². The predicted octanol–water partition coefficient (Wildman–Crippen LogP) is 6.93. The Kier molecular flexibility index (Phi) is 15.5. The normalized spacial score (nSPS) is 14.4.